The average molecular weight is 215 g/mol. The van der Waals surface area contributed by atoms with Gasteiger partial charge < -0.3 is 16.2 Å². The van der Waals surface area contributed by atoms with E-state index in [9.17, 15) is 4.79 Å². The van der Waals surface area contributed by atoms with Gasteiger partial charge in [-0.15, -0.1) is 11.6 Å². The summed E-state index contributed by atoms with van der Waals surface area (Å²) in [5, 5.41) is 11.1. The van der Waals surface area contributed by atoms with E-state index in [1.165, 1.54) is 12.1 Å². The van der Waals surface area contributed by atoms with Crippen LogP contribution < -0.4 is 11.1 Å². The number of halogens is 1. The van der Waals surface area contributed by atoms with Crippen LogP contribution in [0.5, 0.6) is 5.75 Å². The predicted octanol–water partition coefficient (Wildman–Crippen LogP) is 1.54. The smallest absolute Gasteiger partial charge is 0.242 e. The fraction of sp³-hybridized carbons (Fsp3) is 0.222. The van der Waals surface area contributed by atoms with E-state index in [1.807, 2.05) is 0 Å². The lowest BCUT2D eigenvalue weighted by Crippen LogP contribution is -2.20. The van der Waals surface area contributed by atoms with Gasteiger partial charge in [0.05, 0.1) is 5.69 Å². The molecular formula is C9H11ClN2O2. The molecule has 0 aliphatic rings. The van der Waals surface area contributed by atoms with E-state index in [-0.39, 0.29) is 17.3 Å². The summed E-state index contributed by atoms with van der Waals surface area (Å²) >= 11 is 5.56. The Labute approximate surface area is 86.7 Å². The third-order valence-electron chi connectivity index (χ3n) is 1.66. The lowest BCUT2D eigenvalue weighted by atomic mass is 10.2. The first kappa shape index (κ1) is 10.7. The van der Waals surface area contributed by atoms with Gasteiger partial charge in [0.1, 0.15) is 11.1 Å². The zero-order valence-corrected chi connectivity index (χ0v) is 8.38. The monoisotopic (exact) mass is 214 g/mol. The fourth-order valence-corrected chi connectivity index (χ4v) is 0.929. The minimum atomic E-state index is -0.606. The SMILES string of the molecule is CC(Cl)C(=O)Nc1ccc(O)c(N)c1. The third-order valence-corrected chi connectivity index (χ3v) is 1.85. The van der Waals surface area contributed by atoms with Crippen molar-refractivity contribution in [2.24, 2.45) is 0 Å². The maximum Gasteiger partial charge on any atom is 0.242 e. The van der Waals surface area contributed by atoms with Crippen molar-refractivity contribution in [3.63, 3.8) is 0 Å². The minimum Gasteiger partial charge on any atom is -0.506 e. The molecule has 76 valence electrons. The quantitative estimate of drug-likeness (QED) is 0.303. The molecule has 1 rings (SSSR count). The normalized spacial score (nSPS) is 12.1. The highest BCUT2D eigenvalue weighted by Gasteiger charge is 2.09. The standard InChI is InChI=1S/C9H11ClN2O2/c1-5(10)9(14)12-6-2-3-8(13)7(11)4-6/h2-5,13H,11H2,1H3,(H,12,14). The number of benzene rings is 1. The summed E-state index contributed by atoms with van der Waals surface area (Å²) < 4.78 is 0. The van der Waals surface area contributed by atoms with Crippen LogP contribution in [0.1, 0.15) is 6.92 Å². The molecule has 1 aromatic carbocycles. The number of anilines is 2. The topological polar surface area (TPSA) is 75.3 Å². The van der Waals surface area contributed by atoms with Gasteiger partial charge in [0.15, 0.2) is 0 Å². The van der Waals surface area contributed by atoms with Crippen molar-refractivity contribution in [3.05, 3.63) is 18.2 Å². The second-order valence-electron chi connectivity index (χ2n) is 2.88. The van der Waals surface area contributed by atoms with Crippen LogP contribution in [0.2, 0.25) is 0 Å². The number of rotatable bonds is 2. The zero-order valence-electron chi connectivity index (χ0n) is 7.62. The zero-order chi connectivity index (χ0) is 10.7. The molecule has 1 unspecified atom stereocenters. The van der Waals surface area contributed by atoms with E-state index < -0.39 is 5.38 Å². The van der Waals surface area contributed by atoms with Gasteiger partial charge >= 0.3 is 0 Å². The Balaban J connectivity index is 2.78. The molecule has 1 aromatic rings. The number of carbonyl (C=O) groups is 1. The molecule has 0 bridgehead atoms. The van der Waals surface area contributed by atoms with E-state index in [4.69, 9.17) is 22.4 Å². The molecule has 0 saturated carbocycles. The van der Waals surface area contributed by atoms with E-state index >= 15 is 0 Å². The van der Waals surface area contributed by atoms with Gasteiger partial charge in [0, 0.05) is 5.69 Å². The summed E-state index contributed by atoms with van der Waals surface area (Å²) in [6.07, 6.45) is 0. The number of hydrogen-bond acceptors (Lipinski definition) is 3. The van der Waals surface area contributed by atoms with Crippen molar-refractivity contribution in [1.82, 2.24) is 0 Å². The number of alkyl halides is 1. The van der Waals surface area contributed by atoms with Gasteiger partial charge in [-0.25, -0.2) is 0 Å². The molecule has 0 heterocycles. The van der Waals surface area contributed by atoms with Crippen LogP contribution in [0.25, 0.3) is 0 Å². The molecule has 4 nitrogen and oxygen atoms in total. The molecule has 1 amide bonds. The van der Waals surface area contributed by atoms with Gasteiger partial charge in [0.2, 0.25) is 5.91 Å². The summed E-state index contributed by atoms with van der Waals surface area (Å²) in [5.41, 5.74) is 6.16. The molecular weight excluding hydrogens is 204 g/mol. The predicted molar refractivity (Wildman–Crippen MR) is 56.5 cm³/mol. The van der Waals surface area contributed by atoms with Crippen molar-refractivity contribution < 1.29 is 9.90 Å². The highest BCUT2D eigenvalue weighted by molar-refractivity contribution is 6.32. The number of nitrogens with one attached hydrogen (secondary N) is 1. The van der Waals surface area contributed by atoms with Crippen LogP contribution in [-0.4, -0.2) is 16.4 Å². The van der Waals surface area contributed by atoms with Crippen molar-refractivity contribution in [2.75, 3.05) is 11.1 Å². The van der Waals surface area contributed by atoms with E-state index in [1.54, 1.807) is 13.0 Å². The van der Waals surface area contributed by atoms with E-state index in [0.717, 1.165) is 0 Å². The molecule has 0 saturated heterocycles. The Morgan fingerprint density at radius 1 is 1.64 bits per heavy atom. The summed E-state index contributed by atoms with van der Waals surface area (Å²) in [6.45, 7) is 1.57. The Morgan fingerprint density at radius 2 is 2.29 bits per heavy atom. The van der Waals surface area contributed by atoms with Crippen LogP contribution in [0.4, 0.5) is 11.4 Å². The van der Waals surface area contributed by atoms with Crippen LogP contribution in [0.15, 0.2) is 18.2 Å². The van der Waals surface area contributed by atoms with Crippen LogP contribution >= 0.6 is 11.6 Å². The molecule has 0 fully saturated rings. The first-order valence-electron chi connectivity index (χ1n) is 4.04. The number of hydrogen-bond donors (Lipinski definition) is 3. The molecule has 0 spiro atoms. The van der Waals surface area contributed by atoms with Crippen molar-refractivity contribution in [2.45, 2.75) is 12.3 Å². The molecule has 14 heavy (non-hydrogen) atoms. The number of phenolic OH excluding ortho intramolecular Hbond substituents is 1. The van der Waals surface area contributed by atoms with Gasteiger partial charge in [-0.2, -0.15) is 0 Å². The maximum atomic E-state index is 11.2. The first-order valence-corrected chi connectivity index (χ1v) is 4.48. The average Bonchev–Trinajstić information content (AvgIpc) is 2.11. The highest BCUT2D eigenvalue weighted by Crippen LogP contribution is 2.23. The lowest BCUT2D eigenvalue weighted by molar-refractivity contribution is -0.115. The van der Waals surface area contributed by atoms with Gasteiger partial charge in [0.25, 0.3) is 0 Å². The van der Waals surface area contributed by atoms with Gasteiger partial charge in [-0.1, -0.05) is 0 Å². The minimum absolute atomic E-state index is 0.0121. The Bertz CT molecular complexity index is 353. The molecule has 1 atom stereocenters. The molecule has 0 aliphatic heterocycles. The largest absolute Gasteiger partial charge is 0.506 e. The summed E-state index contributed by atoms with van der Waals surface area (Å²) in [7, 11) is 0. The second-order valence-corrected chi connectivity index (χ2v) is 3.53. The number of phenols is 1. The Morgan fingerprint density at radius 3 is 2.79 bits per heavy atom. The second kappa shape index (κ2) is 4.19. The summed E-state index contributed by atoms with van der Waals surface area (Å²) in [5.74, 6) is -0.321. The molecule has 0 aliphatic carbocycles. The van der Waals surface area contributed by atoms with Gasteiger partial charge in [-0.05, 0) is 25.1 Å². The number of nitrogen functional groups attached to an aromatic ring is 1. The highest BCUT2D eigenvalue weighted by atomic mass is 35.5. The number of amides is 1. The van der Waals surface area contributed by atoms with Crippen molar-refractivity contribution in [1.29, 1.82) is 0 Å². The van der Waals surface area contributed by atoms with Crippen LogP contribution in [0, 0.1) is 0 Å². The summed E-state index contributed by atoms with van der Waals surface area (Å²) in [4.78, 5) is 11.2. The number of nitrogens with two attached hydrogens (primary N) is 1. The molecule has 4 N–H and O–H groups in total. The molecule has 0 radical (unpaired) electrons. The van der Waals surface area contributed by atoms with Gasteiger partial charge in [-0.3, -0.25) is 4.79 Å². The van der Waals surface area contributed by atoms with E-state index in [0.29, 0.717) is 5.69 Å². The Kier molecular flexibility index (Phi) is 3.19. The molecule has 5 heteroatoms. The number of carbonyl (C=O) groups excluding carboxylic acids is 1. The van der Waals surface area contributed by atoms with Crippen LogP contribution in [0.3, 0.4) is 0 Å². The maximum absolute atomic E-state index is 11.2. The van der Waals surface area contributed by atoms with Crippen molar-refractivity contribution >= 4 is 28.9 Å². The molecule has 0 aromatic heterocycles. The summed E-state index contributed by atoms with van der Waals surface area (Å²) in [6, 6.07) is 4.42. The number of aromatic hydroxyl groups is 1. The fourth-order valence-electron chi connectivity index (χ4n) is 0.874. The Hall–Kier alpha value is -1.42. The van der Waals surface area contributed by atoms with E-state index in [2.05, 4.69) is 5.32 Å². The first-order chi connectivity index (χ1) is 6.50. The third kappa shape index (κ3) is 2.53. The lowest BCUT2D eigenvalue weighted by Gasteiger charge is -2.07. The van der Waals surface area contributed by atoms with Crippen molar-refractivity contribution in [3.8, 4) is 5.75 Å². The van der Waals surface area contributed by atoms with Crippen LogP contribution in [-0.2, 0) is 4.79 Å².